The number of benzene rings is 2. The van der Waals surface area contributed by atoms with Crippen molar-refractivity contribution in [3.05, 3.63) is 65.9 Å². The molecular weight excluding hydrogens is 236 g/mol. The van der Waals surface area contributed by atoms with Crippen molar-refractivity contribution in [2.24, 2.45) is 0 Å². The zero-order chi connectivity index (χ0) is 13.5. The van der Waals surface area contributed by atoms with E-state index >= 15 is 0 Å². The Morgan fingerprint density at radius 3 is 2.42 bits per heavy atom. The van der Waals surface area contributed by atoms with Crippen LogP contribution in [0, 0.1) is 0 Å². The van der Waals surface area contributed by atoms with Crippen LogP contribution in [0.4, 0.5) is 0 Å². The van der Waals surface area contributed by atoms with Gasteiger partial charge in [-0.2, -0.15) is 0 Å². The zero-order valence-corrected chi connectivity index (χ0v) is 10.9. The van der Waals surface area contributed by atoms with Crippen molar-refractivity contribution in [1.29, 1.82) is 0 Å². The molecule has 2 aromatic carbocycles. The first-order valence-electron chi connectivity index (χ1n) is 6.35. The molecule has 0 saturated heterocycles. The molecule has 2 aromatic rings. The van der Waals surface area contributed by atoms with Crippen LogP contribution >= 0.6 is 0 Å². The molecule has 0 aliphatic rings. The Balaban J connectivity index is 2.34. The van der Waals surface area contributed by atoms with Crippen LogP contribution in [-0.4, -0.2) is 12.5 Å². The van der Waals surface area contributed by atoms with Crippen LogP contribution in [0.2, 0.25) is 0 Å². The van der Waals surface area contributed by atoms with Crippen molar-refractivity contribution in [3.8, 4) is 11.1 Å². The molecule has 0 heterocycles. The van der Waals surface area contributed by atoms with E-state index in [1.165, 1.54) is 0 Å². The van der Waals surface area contributed by atoms with E-state index in [-0.39, 0.29) is 0 Å². The van der Waals surface area contributed by atoms with Crippen molar-refractivity contribution in [3.63, 3.8) is 0 Å². The minimum absolute atomic E-state index is 0.353. The van der Waals surface area contributed by atoms with E-state index in [0.29, 0.717) is 18.8 Å². The Hall–Kier alpha value is -2.31. The molecule has 0 aliphatic heterocycles. The number of hydrogen-bond acceptors (Lipinski definition) is 2. The van der Waals surface area contributed by atoms with E-state index in [2.05, 4.69) is 18.2 Å². The third-order valence-electron chi connectivity index (χ3n) is 2.89. The molecule has 0 atom stereocenters. The summed E-state index contributed by atoms with van der Waals surface area (Å²) in [7, 11) is 0. The van der Waals surface area contributed by atoms with Crippen LogP contribution in [-0.2, 0) is 16.0 Å². The second kappa shape index (κ2) is 6.58. The highest BCUT2D eigenvalue weighted by Gasteiger charge is 2.07. The largest absolute Gasteiger partial charge is 0.487 e. The molecule has 0 unspecified atom stereocenters. The van der Waals surface area contributed by atoms with Gasteiger partial charge in [0.15, 0.2) is 11.7 Å². The predicted molar refractivity (Wildman–Crippen MR) is 76.4 cm³/mol. The summed E-state index contributed by atoms with van der Waals surface area (Å²) in [6.07, 6.45) is 0.475. The fourth-order valence-corrected chi connectivity index (χ4v) is 2.04. The number of ether oxygens (including phenoxy) is 1. The van der Waals surface area contributed by atoms with Gasteiger partial charge >= 0.3 is 0 Å². The van der Waals surface area contributed by atoms with E-state index in [1.807, 2.05) is 49.3 Å². The Morgan fingerprint density at radius 2 is 1.74 bits per heavy atom. The van der Waals surface area contributed by atoms with Crippen LogP contribution < -0.4 is 0 Å². The fourth-order valence-electron chi connectivity index (χ4n) is 2.04. The lowest BCUT2D eigenvalue weighted by Gasteiger charge is -2.10. The maximum atomic E-state index is 10.9. The van der Waals surface area contributed by atoms with E-state index in [1.54, 1.807) is 0 Å². The molecule has 2 heteroatoms. The molecule has 2 rings (SSSR count). The highest BCUT2D eigenvalue weighted by Crippen LogP contribution is 2.25. The first-order valence-corrected chi connectivity index (χ1v) is 6.35. The van der Waals surface area contributed by atoms with Crippen LogP contribution in [0.1, 0.15) is 12.5 Å². The summed E-state index contributed by atoms with van der Waals surface area (Å²) in [6, 6.07) is 18.2. The van der Waals surface area contributed by atoms with Crippen molar-refractivity contribution in [1.82, 2.24) is 0 Å². The number of carbonyl (C=O) groups excluding carboxylic acids is 1. The van der Waals surface area contributed by atoms with Gasteiger partial charge in [0.2, 0.25) is 0 Å². The molecule has 0 fully saturated rings. The molecule has 0 aliphatic carbocycles. The highest BCUT2D eigenvalue weighted by atomic mass is 16.5. The average Bonchev–Trinajstić information content (AvgIpc) is 2.48. The molecule has 0 radical (unpaired) electrons. The van der Waals surface area contributed by atoms with Crippen LogP contribution in [0.15, 0.2) is 60.4 Å². The average molecular weight is 252 g/mol. The molecule has 96 valence electrons. The summed E-state index contributed by atoms with van der Waals surface area (Å²) in [4.78, 5) is 10.9. The molecule has 2 nitrogen and oxygen atoms in total. The summed E-state index contributed by atoms with van der Waals surface area (Å²) in [6.45, 7) is 2.35. The molecule has 0 saturated carbocycles. The highest BCUT2D eigenvalue weighted by molar-refractivity contribution is 5.68. The summed E-state index contributed by atoms with van der Waals surface area (Å²) < 4.78 is 5.28. The second-order valence-electron chi connectivity index (χ2n) is 4.16. The first kappa shape index (κ1) is 13.1. The van der Waals surface area contributed by atoms with E-state index in [4.69, 9.17) is 4.74 Å². The zero-order valence-electron chi connectivity index (χ0n) is 10.9. The van der Waals surface area contributed by atoms with Gasteiger partial charge in [-0.1, -0.05) is 54.6 Å². The maximum absolute atomic E-state index is 10.9. The van der Waals surface area contributed by atoms with Gasteiger partial charge in [-0.3, -0.25) is 0 Å². The first-order chi connectivity index (χ1) is 9.35. The number of rotatable bonds is 5. The van der Waals surface area contributed by atoms with Gasteiger partial charge in [-0.25, -0.2) is 4.79 Å². The lowest BCUT2D eigenvalue weighted by Crippen LogP contribution is -1.99. The number of allylic oxidation sites excluding steroid dienone is 1. The Kier molecular flexibility index (Phi) is 4.54. The van der Waals surface area contributed by atoms with Crippen molar-refractivity contribution in [2.75, 3.05) is 6.61 Å². The van der Waals surface area contributed by atoms with Gasteiger partial charge in [0.05, 0.1) is 6.61 Å². The smallest absolute Gasteiger partial charge is 0.183 e. The molecule has 0 spiro atoms. The molecule has 0 amide bonds. The van der Waals surface area contributed by atoms with Gasteiger partial charge in [0.1, 0.15) is 0 Å². The lowest BCUT2D eigenvalue weighted by molar-refractivity contribution is 0.226. The maximum Gasteiger partial charge on any atom is 0.183 e. The third-order valence-corrected chi connectivity index (χ3v) is 2.89. The monoisotopic (exact) mass is 252 g/mol. The van der Waals surface area contributed by atoms with Crippen molar-refractivity contribution < 1.29 is 9.53 Å². The molecule has 0 bridgehead atoms. The second-order valence-corrected chi connectivity index (χ2v) is 4.16. The Bertz CT molecular complexity index is 581. The van der Waals surface area contributed by atoms with E-state index in [0.717, 1.165) is 16.7 Å². The van der Waals surface area contributed by atoms with Crippen LogP contribution in [0.25, 0.3) is 11.1 Å². The van der Waals surface area contributed by atoms with Gasteiger partial charge in [0.25, 0.3) is 0 Å². The lowest BCUT2D eigenvalue weighted by atomic mass is 9.97. The van der Waals surface area contributed by atoms with Crippen molar-refractivity contribution in [2.45, 2.75) is 13.3 Å². The van der Waals surface area contributed by atoms with E-state index in [9.17, 15) is 4.79 Å². The topological polar surface area (TPSA) is 26.3 Å². The minimum atomic E-state index is 0.353. The summed E-state index contributed by atoms with van der Waals surface area (Å²) in [5.74, 6) is 2.23. The van der Waals surface area contributed by atoms with Gasteiger partial charge < -0.3 is 4.74 Å². The van der Waals surface area contributed by atoms with Gasteiger partial charge in [-0.05, 0) is 23.6 Å². The normalized spacial score (nSPS) is 9.74. The minimum Gasteiger partial charge on any atom is -0.487 e. The molecule has 19 heavy (non-hydrogen) atoms. The van der Waals surface area contributed by atoms with E-state index < -0.39 is 0 Å². The third kappa shape index (κ3) is 3.34. The summed E-state index contributed by atoms with van der Waals surface area (Å²) in [5.41, 5.74) is 3.33. The summed E-state index contributed by atoms with van der Waals surface area (Å²) in [5, 5.41) is 0. The Morgan fingerprint density at radius 1 is 1.05 bits per heavy atom. The molecule has 0 aromatic heterocycles. The van der Waals surface area contributed by atoms with Crippen molar-refractivity contribution >= 4 is 5.94 Å². The van der Waals surface area contributed by atoms with Crippen LogP contribution in [0.5, 0.6) is 0 Å². The Labute approximate surface area is 113 Å². The fraction of sp³-hybridized carbons (Fsp3) is 0.176. The standard InChI is InChI=1S/C17H16O2/c1-2-19-16(13-18)12-15-10-6-7-11-17(15)14-8-4-3-5-9-14/h3-11H,2,12H2,1H3. The molecular formula is C17H16O2. The number of hydrogen-bond donors (Lipinski definition) is 0. The molecule has 0 N–H and O–H groups in total. The summed E-state index contributed by atoms with van der Waals surface area (Å²) >= 11 is 0. The van der Waals surface area contributed by atoms with Gasteiger partial charge in [0, 0.05) is 6.42 Å². The van der Waals surface area contributed by atoms with Gasteiger partial charge in [-0.15, -0.1) is 0 Å². The predicted octanol–water partition coefficient (Wildman–Crippen LogP) is 3.65. The quantitative estimate of drug-likeness (QED) is 0.599. The SMILES string of the molecule is CCOC(=C=O)Cc1ccccc1-c1ccccc1. The van der Waals surface area contributed by atoms with Crippen LogP contribution in [0.3, 0.4) is 0 Å².